The number of anilines is 1. The summed E-state index contributed by atoms with van der Waals surface area (Å²) in [5.41, 5.74) is 0. The summed E-state index contributed by atoms with van der Waals surface area (Å²) in [6.45, 7) is 11.7. The molecule has 1 fully saturated rings. The minimum atomic E-state index is 0.129. The maximum absolute atomic E-state index is 5.69. The molecule has 0 amide bonds. The molecule has 0 bridgehead atoms. The van der Waals surface area contributed by atoms with Gasteiger partial charge in [0.1, 0.15) is 0 Å². The Morgan fingerprint density at radius 2 is 2.00 bits per heavy atom. The third-order valence-corrected chi connectivity index (χ3v) is 3.77. The van der Waals surface area contributed by atoms with Crippen LogP contribution >= 0.6 is 0 Å². The second kappa shape index (κ2) is 7.59. The van der Waals surface area contributed by atoms with Crippen LogP contribution in [0.15, 0.2) is 12.3 Å². The lowest BCUT2D eigenvalue weighted by Crippen LogP contribution is -2.40. The van der Waals surface area contributed by atoms with Crippen molar-refractivity contribution in [3.05, 3.63) is 12.3 Å². The van der Waals surface area contributed by atoms with Gasteiger partial charge in [-0.2, -0.15) is 4.98 Å². The normalized spacial score (nSPS) is 16.5. The Labute approximate surface area is 128 Å². The number of piperidine rings is 1. The standard InChI is InChI=1S/C16H28N4O/c1-12(2)20(11-14-5-8-17-9-6-14)16-18-10-7-15(19-16)21-13(3)4/h7,10,12-14,17H,5-6,8-9,11H2,1-4H3. The molecule has 2 heterocycles. The van der Waals surface area contributed by atoms with E-state index in [-0.39, 0.29) is 6.10 Å². The second-order valence-corrected chi connectivity index (χ2v) is 6.30. The molecule has 118 valence electrons. The third-order valence-electron chi connectivity index (χ3n) is 3.77. The van der Waals surface area contributed by atoms with Crippen LogP contribution in [0.4, 0.5) is 5.95 Å². The molecule has 0 unspecified atom stereocenters. The van der Waals surface area contributed by atoms with Crippen LogP contribution < -0.4 is 15.0 Å². The number of aromatic nitrogens is 2. The second-order valence-electron chi connectivity index (χ2n) is 6.30. The van der Waals surface area contributed by atoms with Crippen LogP contribution in [-0.2, 0) is 0 Å². The van der Waals surface area contributed by atoms with Crippen molar-refractivity contribution in [2.45, 2.75) is 52.7 Å². The molecule has 2 rings (SSSR count). The van der Waals surface area contributed by atoms with Gasteiger partial charge >= 0.3 is 0 Å². The van der Waals surface area contributed by atoms with Crippen molar-refractivity contribution >= 4 is 5.95 Å². The Hall–Kier alpha value is -1.36. The van der Waals surface area contributed by atoms with E-state index in [1.807, 2.05) is 19.9 Å². The summed E-state index contributed by atoms with van der Waals surface area (Å²) in [5, 5.41) is 3.42. The van der Waals surface area contributed by atoms with E-state index >= 15 is 0 Å². The van der Waals surface area contributed by atoms with Gasteiger partial charge < -0.3 is 15.0 Å². The average molecular weight is 292 g/mol. The van der Waals surface area contributed by atoms with Gasteiger partial charge in [-0.15, -0.1) is 0 Å². The number of hydrogen-bond donors (Lipinski definition) is 1. The zero-order valence-electron chi connectivity index (χ0n) is 13.7. The van der Waals surface area contributed by atoms with Crippen LogP contribution in [0.2, 0.25) is 0 Å². The van der Waals surface area contributed by atoms with Crippen molar-refractivity contribution in [3.8, 4) is 5.88 Å². The minimum absolute atomic E-state index is 0.129. The van der Waals surface area contributed by atoms with Gasteiger partial charge in [0.25, 0.3) is 0 Å². The van der Waals surface area contributed by atoms with Crippen molar-refractivity contribution in [1.82, 2.24) is 15.3 Å². The first-order valence-corrected chi connectivity index (χ1v) is 8.03. The fraction of sp³-hybridized carbons (Fsp3) is 0.750. The molecule has 0 saturated carbocycles. The van der Waals surface area contributed by atoms with Crippen molar-refractivity contribution in [2.75, 3.05) is 24.5 Å². The lowest BCUT2D eigenvalue weighted by Gasteiger charge is -2.32. The molecule has 1 aromatic heterocycles. The van der Waals surface area contributed by atoms with Crippen LogP contribution in [0.1, 0.15) is 40.5 Å². The fourth-order valence-electron chi connectivity index (χ4n) is 2.64. The average Bonchev–Trinajstić information content (AvgIpc) is 2.45. The molecule has 1 aliphatic rings. The minimum Gasteiger partial charge on any atom is -0.475 e. The van der Waals surface area contributed by atoms with Gasteiger partial charge in [-0.3, -0.25) is 0 Å². The molecule has 0 spiro atoms. The number of nitrogens with zero attached hydrogens (tertiary/aromatic N) is 3. The van der Waals surface area contributed by atoms with E-state index in [0.29, 0.717) is 17.8 Å². The quantitative estimate of drug-likeness (QED) is 0.873. The van der Waals surface area contributed by atoms with Gasteiger partial charge in [0.2, 0.25) is 11.8 Å². The first-order chi connectivity index (χ1) is 10.1. The molecule has 1 aromatic rings. The predicted molar refractivity (Wildman–Crippen MR) is 85.9 cm³/mol. The highest BCUT2D eigenvalue weighted by atomic mass is 16.5. The lowest BCUT2D eigenvalue weighted by atomic mass is 9.97. The molecule has 0 radical (unpaired) electrons. The van der Waals surface area contributed by atoms with Crippen LogP contribution in [0.5, 0.6) is 5.88 Å². The Bertz CT molecular complexity index is 430. The van der Waals surface area contributed by atoms with Crippen LogP contribution in [0.25, 0.3) is 0 Å². The molecular weight excluding hydrogens is 264 g/mol. The summed E-state index contributed by atoms with van der Waals surface area (Å²) >= 11 is 0. The van der Waals surface area contributed by atoms with Crippen molar-refractivity contribution in [3.63, 3.8) is 0 Å². The van der Waals surface area contributed by atoms with Gasteiger partial charge in [0, 0.05) is 24.8 Å². The summed E-state index contributed by atoms with van der Waals surface area (Å²) in [6.07, 6.45) is 4.37. The highest BCUT2D eigenvalue weighted by Crippen LogP contribution is 2.21. The topological polar surface area (TPSA) is 50.3 Å². The van der Waals surface area contributed by atoms with E-state index in [9.17, 15) is 0 Å². The Morgan fingerprint density at radius 3 is 2.62 bits per heavy atom. The summed E-state index contributed by atoms with van der Waals surface area (Å²) in [4.78, 5) is 11.3. The summed E-state index contributed by atoms with van der Waals surface area (Å²) in [7, 11) is 0. The molecule has 0 atom stereocenters. The molecule has 1 saturated heterocycles. The Morgan fingerprint density at radius 1 is 1.29 bits per heavy atom. The van der Waals surface area contributed by atoms with Crippen LogP contribution in [0, 0.1) is 5.92 Å². The number of nitrogens with one attached hydrogen (secondary N) is 1. The largest absolute Gasteiger partial charge is 0.475 e. The number of rotatable bonds is 6. The van der Waals surface area contributed by atoms with E-state index in [4.69, 9.17) is 4.74 Å². The summed E-state index contributed by atoms with van der Waals surface area (Å²) in [6, 6.07) is 2.21. The SMILES string of the molecule is CC(C)Oc1ccnc(N(CC2CCNCC2)C(C)C)n1. The van der Waals surface area contributed by atoms with E-state index < -0.39 is 0 Å². The highest BCUT2D eigenvalue weighted by molar-refractivity contribution is 5.33. The molecular formula is C16H28N4O. The fourth-order valence-corrected chi connectivity index (χ4v) is 2.64. The molecule has 5 nitrogen and oxygen atoms in total. The maximum Gasteiger partial charge on any atom is 0.228 e. The van der Waals surface area contributed by atoms with Crippen molar-refractivity contribution in [2.24, 2.45) is 5.92 Å². The number of hydrogen-bond acceptors (Lipinski definition) is 5. The molecule has 1 aliphatic heterocycles. The van der Waals surface area contributed by atoms with Gasteiger partial charge in [-0.25, -0.2) is 4.98 Å². The van der Waals surface area contributed by atoms with E-state index in [1.165, 1.54) is 12.8 Å². The van der Waals surface area contributed by atoms with Crippen LogP contribution in [-0.4, -0.2) is 41.7 Å². The molecule has 5 heteroatoms. The van der Waals surface area contributed by atoms with Gasteiger partial charge in [0.15, 0.2) is 0 Å². The van der Waals surface area contributed by atoms with E-state index in [2.05, 4.69) is 34.0 Å². The van der Waals surface area contributed by atoms with Gasteiger partial charge in [-0.1, -0.05) is 0 Å². The van der Waals surface area contributed by atoms with Crippen molar-refractivity contribution in [1.29, 1.82) is 0 Å². The first kappa shape index (κ1) is 16.0. The zero-order valence-corrected chi connectivity index (χ0v) is 13.7. The monoisotopic (exact) mass is 292 g/mol. The van der Waals surface area contributed by atoms with Crippen molar-refractivity contribution < 1.29 is 4.74 Å². The zero-order chi connectivity index (χ0) is 15.2. The van der Waals surface area contributed by atoms with E-state index in [1.54, 1.807) is 6.20 Å². The number of ether oxygens (including phenoxy) is 1. The third kappa shape index (κ3) is 4.84. The summed E-state index contributed by atoms with van der Waals surface area (Å²) < 4.78 is 5.69. The highest BCUT2D eigenvalue weighted by Gasteiger charge is 2.21. The van der Waals surface area contributed by atoms with Gasteiger partial charge in [0.05, 0.1) is 6.10 Å². The lowest BCUT2D eigenvalue weighted by molar-refractivity contribution is 0.232. The Balaban J connectivity index is 2.09. The van der Waals surface area contributed by atoms with E-state index in [0.717, 1.165) is 25.6 Å². The summed E-state index contributed by atoms with van der Waals surface area (Å²) in [5.74, 6) is 2.15. The van der Waals surface area contributed by atoms with Gasteiger partial charge in [-0.05, 0) is 59.5 Å². The molecule has 0 aromatic carbocycles. The molecule has 21 heavy (non-hydrogen) atoms. The maximum atomic E-state index is 5.69. The smallest absolute Gasteiger partial charge is 0.228 e. The first-order valence-electron chi connectivity index (χ1n) is 8.03. The molecule has 0 aliphatic carbocycles. The molecule has 1 N–H and O–H groups in total. The Kier molecular flexibility index (Phi) is 5.79. The van der Waals surface area contributed by atoms with Crippen LogP contribution in [0.3, 0.4) is 0 Å². The predicted octanol–water partition coefficient (Wildman–Crippen LogP) is 2.48.